The van der Waals surface area contributed by atoms with E-state index in [9.17, 15) is 4.79 Å². The smallest absolute Gasteiger partial charge is 0.293 e. The summed E-state index contributed by atoms with van der Waals surface area (Å²) >= 11 is 0. The molecule has 0 aromatic heterocycles. The molecule has 1 rings (SSSR count). The molecular formula is C11H24N2O3. The predicted octanol–water partition coefficient (Wildman–Crippen LogP) is 0.973. The molecule has 0 aromatic carbocycles. The molecule has 0 aliphatic carbocycles. The number of rotatable bonds is 5. The first-order valence-electron chi connectivity index (χ1n) is 5.96. The van der Waals surface area contributed by atoms with Crippen LogP contribution in [0.2, 0.25) is 0 Å². The highest BCUT2D eigenvalue weighted by atomic mass is 16.5. The Kier molecular flexibility index (Phi) is 10.4. The lowest BCUT2D eigenvalue weighted by Crippen LogP contribution is -2.44. The van der Waals surface area contributed by atoms with Crippen molar-refractivity contribution < 1.29 is 14.7 Å². The summed E-state index contributed by atoms with van der Waals surface area (Å²) in [5, 5.41) is 10.5. The van der Waals surface area contributed by atoms with E-state index >= 15 is 0 Å². The Balaban J connectivity index is 0.000000385. The van der Waals surface area contributed by atoms with Crippen LogP contribution < -0.4 is 0 Å². The summed E-state index contributed by atoms with van der Waals surface area (Å²) in [7, 11) is 0. The van der Waals surface area contributed by atoms with Crippen molar-refractivity contribution in [1.29, 1.82) is 0 Å². The minimum atomic E-state index is 0.431. The fraction of sp³-hybridized carbons (Fsp3) is 0.909. The van der Waals surface area contributed by atoms with Crippen LogP contribution in [0.5, 0.6) is 0 Å². The molecule has 0 radical (unpaired) electrons. The SMILES string of the molecule is CCCCN1CCN(O)CC1.CCOC=O. The van der Waals surface area contributed by atoms with Crippen molar-refractivity contribution in [3.63, 3.8) is 0 Å². The molecule has 0 spiro atoms. The fourth-order valence-corrected chi connectivity index (χ4v) is 1.41. The molecule has 5 nitrogen and oxygen atoms in total. The van der Waals surface area contributed by atoms with Crippen molar-refractivity contribution in [3.8, 4) is 0 Å². The third kappa shape index (κ3) is 8.64. The van der Waals surface area contributed by atoms with Gasteiger partial charge in [-0.15, -0.1) is 0 Å². The third-order valence-electron chi connectivity index (χ3n) is 2.41. The zero-order chi connectivity index (χ0) is 12.2. The van der Waals surface area contributed by atoms with Gasteiger partial charge in [-0.3, -0.25) is 4.79 Å². The van der Waals surface area contributed by atoms with Crippen LogP contribution in [0.1, 0.15) is 26.7 Å². The van der Waals surface area contributed by atoms with E-state index in [-0.39, 0.29) is 0 Å². The van der Waals surface area contributed by atoms with E-state index < -0.39 is 0 Å². The van der Waals surface area contributed by atoms with Crippen LogP contribution in [-0.2, 0) is 9.53 Å². The molecule has 5 heteroatoms. The second-order valence-electron chi connectivity index (χ2n) is 3.70. The number of hydrogen-bond donors (Lipinski definition) is 1. The van der Waals surface area contributed by atoms with Crippen molar-refractivity contribution in [1.82, 2.24) is 9.96 Å². The Labute approximate surface area is 97.9 Å². The zero-order valence-electron chi connectivity index (χ0n) is 10.4. The summed E-state index contributed by atoms with van der Waals surface area (Å²) in [5.41, 5.74) is 0. The first-order valence-corrected chi connectivity index (χ1v) is 5.96. The summed E-state index contributed by atoms with van der Waals surface area (Å²) in [6.07, 6.45) is 2.55. The van der Waals surface area contributed by atoms with Gasteiger partial charge in [0.25, 0.3) is 6.47 Å². The minimum Gasteiger partial charge on any atom is -0.468 e. The molecule has 1 aliphatic rings. The Bertz CT molecular complexity index is 157. The second kappa shape index (κ2) is 10.9. The van der Waals surface area contributed by atoms with Gasteiger partial charge in [-0.1, -0.05) is 13.3 Å². The van der Waals surface area contributed by atoms with E-state index in [2.05, 4.69) is 16.6 Å². The monoisotopic (exact) mass is 232 g/mol. The van der Waals surface area contributed by atoms with Gasteiger partial charge in [0.05, 0.1) is 6.61 Å². The minimum absolute atomic E-state index is 0.431. The number of hydroxylamine groups is 2. The van der Waals surface area contributed by atoms with Gasteiger partial charge in [0.1, 0.15) is 0 Å². The van der Waals surface area contributed by atoms with Gasteiger partial charge in [-0.05, 0) is 19.9 Å². The molecule has 1 heterocycles. The van der Waals surface area contributed by atoms with E-state index in [1.807, 2.05) is 0 Å². The van der Waals surface area contributed by atoms with Crippen LogP contribution in [0, 0.1) is 0 Å². The first kappa shape index (κ1) is 15.3. The van der Waals surface area contributed by atoms with Gasteiger partial charge in [0, 0.05) is 26.2 Å². The molecule has 0 unspecified atom stereocenters. The Morgan fingerprint density at radius 1 is 1.25 bits per heavy atom. The van der Waals surface area contributed by atoms with Crippen molar-refractivity contribution in [2.75, 3.05) is 39.3 Å². The van der Waals surface area contributed by atoms with E-state index in [1.54, 1.807) is 6.92 Å². The molecule has 0 aromatic rings. The number of piperazine rings is 1. The highest BCUT2D eigenvalue weighted by molar-refractivity contribution is 5.36. The molecule has 1 N–H and O–H groups in total. The molecule has 1 saturated heterocycles. The van der Waals surface area contributed by atoms with E-state index in [4.69, 9.17) is 5.21 Å². The molecule has 96 valence electrons. The third-order valence-corrected chi connectivity index (χ3v) is 2.41. The van der Waals surface area contributed by atoms with Crippen LogP contribution in [-0.4, -0.2) is 61.0 Å². The average molecular weight is 232 g/mol. The van der Waals surface area contributed by atoms with Crippen LogP contribution in [0.3, 0.4) is 0 Å². The Morgan fingerprint density at radius 3 is 2.25 bits per heavy atom. The summed E-state index contributed by atoms with van der Waals surface area (Å²) in [6.45, 7) is 9.74. The topological polar surface area (TPSA) is 53.0 Å². The van der Waals surface area contributed by atoms with Crippen LogP contribution >= 0.6 is 0 Å². The fourth-order valence-electron chi connectivity index (χ4n) is 1.41. The van der Waals surface area contributed by atoms with Gasteiger partial charge < -0.3 is 14.8 Å². The maximum atomic E-state index is 9.18. The lowest BCUT2D eigenvalue weighted by Gasteiger charge is -2.30. The van der Waals surface area contributed by atoms with Gasteiger partial charge in [0.2, 0.25) is 0 Å². The average Bonchev–Trinajstić information content (AvgIpc) is 2.30. The molecular weight excluding hydrogens is 208 g/mol. The molecule has 0 atom stereocenters. The van der Waals surface area contributed by atoms with Gasteiger partial charge in [0.15, 0.2) is 0 Å². The number of carbonyl (C=O) groups is 1. The van der Waals surface area contributed by atoms with Crippen molar-refractivity contribution in [3.05, 3.63) is 0 Å². The Morgan fingerprint density at radius 2 is 1.88 bits per heavy atom. The molecule has 0 amide bonds. The number of nitrogens with zero attached hydrogens (tertiary/aromatic N) is 2. The van der Waals surface area contributed by atoms with Crippen molar-refractivity contribution in [2.45, 2.75) is 26.7 Å². The lowest BCUT2D eigenvalue weighted by molar-refractivity contribution is -0.128. The normalized spacial score (nSPS) is 17.4. The predicted molar refractivity (Wildman–Crippen MR) is 62.4 cm³/mol. The number of ether oxygens (including phenoxy) is 1. The largest absolute Gasteiger partial charge is 0.468 e. The summed E-state index contributed by atoms with van der Waals surface area (Å²) < 4.78 is 4.15. The molecule has 0 saturated carbocycles. The maximum absolute atomic E-state index is 9.18. The van der Waals surface area contributed by atoms with Gasteiger partial charge in [-0.25, -0.2) is 0 Å². The highest BCUT2D eigenvalue weighted by Gasteiger charge is 2.13. The number of unbranched alkanes of at least 4 members (excludes halogenated alkanes) is 1. The van der Waals surface area contributed by atoms with E-state index in [0.717, 1.165) is 26.2 Å². The maximum Gasteiger partial charge on any atom is 0.293 e. The summed E-state index contributed by atoms with van der Waals surface area (Å²) in [6, 6.07) is 0. The number of hydrogen-bond acceptors (Lipinski definition) is 5. The second-order valence-corrected chi connectivity index (χ2v) is 3.70. The van der Waals surface area contributed by atoms with Crippen molar-refractivity contribution >= 4 is 6.47 Å². The number of carbonyl (C=O) groups excluding carboxylic acids is 1. The van der Waals surface area contributed by atoms with Crippen LogP contribution in [0.15, 0.2) is 0 Å². The quantitative estimate of drug-likeness (QED) is 0.716. The van der Waals surface area contributed by atoms with Crippen LogP contribution in [0.4, 0.5) is 0 Å². The van der Waals surface area contributed by atoms with E-state index in [0.29, 0.717) is 13.1 Å². The molecule has 1 fully saturated rings. The molecule has 0 bridgehead atoms. The Hall–Kier alpha value is -0.650. The van der Waals surface area contributed by atoms with Gasteiger partial charge >= 0.3 is 0 Å². The molecule has 16 heavy (non-hydrogen) atoms. The highest BCUT2D eigenvalue weighted by Crippen LogP contribution is 2.00. The summed E-state index contributed by atoms with van der Waals surface area (Å²) in [5.74, 6) is 0. The van der Waals surface area contributed by atoms with Crippen molar-refractivity contribution in [2.24, 2.45) is 0 Å². The first-order chi connectivity index (χ1) is 7.74. The van der Waals surface area contributed by atoms with Gasteiger partial charge in [-0.2, -0.15) is 5.06 Å². The molecule has 1 aliphatic heterocycles. The zero-order valence-corrected chi connectivity index (χ0v) is 10.4. The van der Waals surface area contributed by atoms with Crippen LogP contribution in [0.25, 0.3) is 0 Å². The summed E-state index contributed by atoms with van der Waals surface area (Å²) in [4.78, 5) is 11.6. The van der Waals surface area contributed by atoms with E-state index in [1.165, 1.54) is 24.4 Å². The standard InChI is InChI=1S/C8H18N2O.C3H6O2/c1-2-3-4-9-5-7-10(11)8-6-9;1-2-5-3-4/h11H,2-8H2,1H3;3H,2H2,1H3. The lowest BCUT2D eigenvalue weighted by atomic mass is 10.3.